The van der Waals surface area contributed by atoms with Gasteiger partial charge in [-0.2, -0.15) is 0 Å². The summed E-state index contributed by atoms with van der Waals surface area (Å²) in [5, 5.41) is 1.71. The predicted molar refractivity (Wildman–Crippen MR) is 45.8 cm³/mol. The van der Waals surface area contributed by atoms with Crippen molar-refractivity contribution in [3.63, 3.8) is 0 Å². The maximum atomic E-state index is 5.85. The highest BCUT2D eigenvalue weighted by molar-refractivity contribution is 6.35. The van der Waals surface area contributed by atoms with Crippen LogP contribution < -0.4 is 0 Å². The van der Waals surface area contributed by atoms with Crippen molar-refractivity contribution in [2.45, 2.75) is 6.92 Å². The Morgan fingerprint density at radius 1 is 1.55 bits per heavy atom. The van der Waals surface area contributed by atoms with Crippen LogP contribution in [0.1, 0.15) is 5.69 Å². The van der Waals surface area contributed by atoms with Crippen LogP contribution in [0.25, 0.3) is 10.9 Å². The minimum Gasteiger partial charge on any atom is -0.360 e. The second-order valence-electron chi connectivity index (χ2n) is 2.51. The molecular formula is C8H7ClN2. The summed E-state index contributed by atoms with van der Waals surface area (Å²) in [7, 11) is 0. The Bertz CT molecular complexity index is 392. The maximum absolute atomic E-state index is 5.85. The number of H-pyrrole nitrogens is 1. The van der Waals surface area contributed by atoms with Crippen LogP contribution in [-0.4, -0.2) is 9.97 Å². The molecule has 2 rings (SSSR count). The molecule has 0 amide bonds. The summed E-state index contributed by atoms with van der Waals surface area (Å²) < 4.78 is 0. The number of fused-ring (bicyclic) bond motifs is 1. The number of aryl methyl sites for hydroxylation is 1. The second kappa shape index (κ2) is 2.24. The molecule has 0 aliphatic heterocycles. The quantitative estimate of drug-likeness (QED) is 0.640. The molecule has 0 aromatic carbocycles. The standard InChI is InChI=1S/C8H7ClN2/c1-5-2-8-6(3-10-5)7(9)4-11-8/h2-4,11H,1H3. The van der Waals surface area contributed by atoms with E-state index in [1.807, 2.05) is 13.0 Å². The van der Waals surface area contributed by atoms with Crippen LogP contribution in [0.3, 0.4) is 0 Å². The van der Waals surface area contributed by atoms with E-state index in [9.17, 15) is 0 Å². The molecule has 0 radical (unpaired) electrons. The van der Waals surface area contributed by atoms with E-state index in [4.69, 9.17) is 11.6 Å². The Hall–Kier alpha value is -1.02. The van der Waals surface area contributed by atoms with E-state index in [-0.39, 0.29) is 0 Å². The molecule has 3 heteroatoms. The number of pyridine rings is 1. The van der Waals surface area contributed by atoms with Gasteiger partial charge >= 0.3 is 0 Å². The van der Waals surface area contributed by atoms with Crippen LogP contribution in [0.5, 0.6) is 0 Å². The van der Waals surface area contributed by atoms with E-state index >= 15 is 0 Å². The molecular weight excluding hydrogens is 160 g/mol. The summed E-state index contributed by atoms with van der Waals surface area (Å²) in [6.45, 7) is 1.95. The number of aromatic nitrogens is 2. The van der Waals surface area contributed by atoms with E-state index in [0.717, 1.165) is 21.6 Å². The molecule has 0 saturated heterocycles. The van der Waals surface area contributed by atoms with E-state index in [1.165, 1.54) is 0 Å². The largest absolute Gasteiger partial charge is 0.360 e. The number of nitrogens with one attached hydrogen (secondary N) is 1. The zero-order chi connectivity index (χ0) is 7.84. The zero-order valence-electron chi connectivity index (χ0n) is 6.06. The average molecular weight is 167 g/mol. The van der Waals surface area contributed by atoms with Gasteiger partial charge in [-0.05, 0) is 13.0 Å². The van der Waals surface area contributed by atoms with Gasteiger partial charge in [0.15, 0.2) is 0 Å². The number of aromatic amines is 1. The predicted octanol–water partition coefficient (Wildman–Crippen LogP) is 2.52. The third-order valence-electron chi connectivity index (χ3n) is 1.65. The molecule has 0 spiro atoms. The Morgan fingerprint density at radius 3 is 3.18 bits per heavy atom. The second-order valence-corrected chi connectivity index (χ2v) is 2.92. The monoisotopic (exact) mass is 166 g/mol. The van der Waals surface area contributed by atoms with Gasteiger partial charge in [0, 0.05) is 23.5 Å². The first-order chi connectivity index (χ1) is 5.27. The van der Waals surface area contributed by atoms with Crippen molar-refractivity contribution in [3.05, 3.63) is 29.2 Å². The molecule has 0 aliphatic rings. The van der Waals surface area contributed by atoms with Crippen molar-refractivity contribution in [2.24, 2.45) is 0 Å². The summed E-state index contributed by atoms with van der Waals surface area (Å²) in [6.07, 6.45) is 3.55. The van der Waals surface area contributed by atoms with Gasteiger partial charge in [0.2, 0.25) is 0 Å². The smallest absolute Gasteiger partial charge is 0.0674 e. The maximum Gasteiger partial charge on any atom is 0.0674 e. The lowest BCUT2D eigenvalue weighted by atomic mass is 10.3. The van der Waals surface area contributed by atoms with Gasteiger partial charge in [-0.25, -0.2) is 0 Å². The van der Waals surface area contributed by atoms with Gasteiger partial charge in [-0.15, -0.1) is 0 Å². The van der Waals surface area contributed by atoms with Gasteiger partial charge in [0.05, 0.1) is 10.5 Å². The van der Waals surface area contributed by atoms with E-state index in [2.05, 4.69) is 9.97 Å². The molecule has 1 N–H and O–H groups in total. The normalized spacial score (nSPS) is 10.7. The number of halogens is 1. The summed E-state index contributed by atoms with van der Waals surface area (Å²) in [5.41, 5.74) is 2.04. The van der Waals surface area contributed by atoms with Crippen molar-refractivity contribution < 1.29 is 0 Å². The van der Waals surface area contributed by atoms with Crippen LogP contribution >= 0.6 is 11.6 Å². The molecule has 56 valence electrons. The molecule has 0 aliphatic carbocycles. The topological polar surface area (TPSA) is 28.7 Å². The third kappa shape index (κ3) is 0.994. The highest BCUT2D eigenvalue weighted by Gasteiger charge is 1.99. The Balaban J connectivity index is 2.86. The Morgan fingerprint density at radius 2 is 2.36 bits per heavy atom. The SMILES string of the molecule is Cc1cc2[nH]cc(Cl)c2cn1. The van der Waals surface area contributed by atoms with Gasteiger partial charge in [0.25, 0.3) is 0 Å². The molecule has 0 fully saturated rings. The molecule has 2 aromatic heterocycles. The number of hydrogen-bond donors (Lipinski definition) is 1. The van der Waals surface area contributed by atoms with Gasteiger partial charge < -0.3 is 4.98 Å². The molecule has 0 unspecified atom stereocenters. The van der Waals surface area contributed by atoms with Crippen molar-refractivity contribution in [1.29, 1.82) is 0 Å². The molecule has 0 saturated carbocycles. The van der Waals surface area contributed by atoms with E-state index in [0.29, 0.717) is 0 Å². The highest BCUT2D eigenvalue weighted by Crippen LogP contribution is 2.21. The molecule has 2 heterocycles. The number of hydrogen-bond acceptors (Lipinski definition) is 1. The van der Waals surface area contributed by atoms with Crippen molar-refractivity contribution >= 4 is 22.5 Å². The molecule has 0 bridgehead atoms. The first kappa shape index (κ1) is 6.68. The number of rotatable bonds is 0. The first-order valence-corrected chi connectivity index (χ1v) is 3.74. The van der Waals surface area contributed by atoms with Crippen molar-refractivity contribution in [2.75, 3.05) is 0 Å². The van der Waals surface area contributed by atoms with Crippen LogP contribution in [0.2, 0.25) is 5.02 Å². The first-order valence-electron chi connectivity index (χ1n) is 3.36. The van der Waals surface area contributed by atoms with Gasteiger partial charge in [0.1, 0.15) is 0 Å². The fourth-order valence-corrected chi connectivity index (χ4v) is 1.29. The summed E-state index contributed by atoms with van der Waals surface area (Å²) in [5.74, 6) is 0. The summed E-state index contributed by atoms with van der Waals surface area (Å²) >= 11 is 5.85. The lowest BCUT2D eigenvalue weighted by Crippen LogP contribution is -1.77. The average Bonchev–Trinajstić information content (AvgIpc) is 2.32. The fraction of sp³-hybridized carbons (Fsp3) is 0.125. The highest BCUT2D eigenvalue weighted by atomic mass is 35.5. The zero-order valence-corrected chi connectivity index (χ0v) is 6.81. The third-order valence-corrected chi connectivity index (χ3v) is 1.97. The van der Waals surface area contributed by atoms with E-state index < -0.39 is 0 Å². The molecule has 2 aromatic rings. The molecule has 2 nitrogen and oxygen atoms in total. The lowest BCUT2D eigenvalue weighted by Gasteiger charge is -1.91. The van der Waals surface area contributed by atoms with Gasteiger partial charge in [-0.3, -0.25) is 4.98 Å². The Labute approximate surface area is 69.2 Å². The lowest BCUT2D eigenvalue weighted by molar-refractivity contribution is 1.22. The fourth-order valence-electron chi connectivity index (χ4n) is 1.09. The van der Waals surface area contributed by atoms with Gasteiger partial charge in [-0.1, -0.05) is 11.6 Å². The molecule has 0 atom stereocenters. The van der Waals surface area contributed by atoms with Crippen LogP contribution in [0.4, 0.5) is 0 Å². The molecule has 11 heavy (non-hydrogen) atoms. The van der Waals surface area contributed by atoms with E-state index in [1.54, 1.807) is 12.4 Å². The van der Waals surface area contributed by atoms with Crippen LogP contribution in [0, 0.1) is 6.92 Å². The Kier molecular flexibility index (Phi) is 1.36. The minimum atomic E-state index is 0.729. The minimum absolute atomic E-state index is 0.729. The van der Waals surface area contributed by atoms with Crippen LogP contribution in [-0.2, 0) is 0 Å². The summed E-state index contributed by atoms with van der Waals surface area (Å²) in [6, 6.07) is 1.97. The van der Waals surface area contributed by atoms with Crippen LogP contribution in [0.15, 0.2) is 18.5 Å². The number of nitrogens with zero attached hydrogens (tertiary/aromatic N) is 1. The van der Waals surface area contributed by atoms with Crippen molar-refractivity contribution in [3.8, 4) is 0 Å². The summed E-state index contributed by atoms with van der Waals surface area (Å²) in [4.78, 5) is 7.19. The van der Waals surface area contributed by atoms with Crippen molar-refractivity contribution in [1.82, 2.24) is 9.97 Å².